The van der Waals surface area contributed by atoms with Gasteiger partial charge in [-0.05, 0) is 37.0 Å². The minimum Gasteiger partial charge on any atom is -0.370 e. The lowest BCUT2D eigenvalue weighted by Gasteiger charge is -2.25. The van der Waals surface area contributed by atoms with Crippen LogP contribution in [-0.2, 0) is 27.1 Å². The molecule has 0 aliphatic heterocycles. The fourth-order valence-corrected chi connectivity index (χ4v) is 5.58. The van der Waals surface area contributed by atoms with Gasteiger partial charge in [-0.3, -0.25) is 9.00 Å². The van der Waals surface area contributed by atoms with Crippen LogP contribution in [-0.4, -0.2) is 36.0 Å². The Hall–Kier alpha value is -1.74. The number of aryl methyl sites for hydroxylation is 1. The Balaban J connectivity index is 2.66. The lowest BCUT2D eigenvalue weighted by Crippen LogP contribution is -2.26. The number of carbonyl (C=O) groups excluding carboxylic acids is 1. The number of guanidine groups is 1. The number of benzene rings is 1. The number of rotatable bonds is 5. The van der Waals surface area contributed by atoms with Gasteiger partial charge in [0.05, 0.1) is 20.6 Å². The standard InChI is InChI=1S/C15H21N3O4S2/c1-3-9-7-12(23(20)10-5-4-6-10)13(24(2,21)22)8-11(9)14(19)18-15(16)17/h7-8,10H,3-6H2,1-2H3,(H4,16,17,18,19). The molecule has 1 aliphatic rings. The van der Waals surface area contributed by atoms with Gasteiger partial charge in [-0.25, -0.2) is 8.42 Å². The van der Waals surface area contributed by atoms with Crippen molar-refractivity contribution in [3.63, 3.8) is 0 Å². The predicted octanol–water partition coefficient (Wildman–Crippen LogP) is 0.726. The van der Waals surface area contributed by atoms with Gasteiger partial charge in [0.1, 0.15) is 0 Å². The van der Waals surface area contributed by atoms with Crippen molar-refractivity contribution in [3.8, 4) is 0 Å². The molecule has 1 amide bonds. The second-order valence-electron chi connectivity index (χ2n) is 5.77. The second-order valence-corrected chi connectivity index (χ2v) is 9.46. The third-order valence-electron chi connectivity index (χ3n) is 3.98. The first kappa shape index (κ1) is 18.6. The zero-order valence-corrected chi connectivity index (χ0v) is 15.2. The summed E-state index contributed by atoms with van der Waals surface area (Å²) in [4.78, 5) is 15.8. The number of amides is 1. The molecule has 0 spiro atoms. The molecule has 9 heteroatoms. The molecule has 1 atom stereocenters. The van der Waals surface area contributed by atoms with Gasteiger partial charge >= 0.3 is 0 Å². The van der Waals surface area contributed by atoms with Gasteiger partial charge in [0.25, 0.3) is 5.91 Å². The van der Waals surface area contributed by atoms with Crippen molar-refractivity contribution in [2.45, 2.75) is 47.6 Å². The Bertz CT molecular complexity index is 823. The zero-order chi connectivity index (χ0) is 18.1. The van der Waals surface area contributed by atoms with Crippen molar-refractivity contribution in [2.24, 2.45) is 16.5 Å². The molecule has 0 aromatic heterocycles. The van der Waals surface area contributed by atoms with Crippen molar-refractivity contribution in [1.29, 1.82) is 0 Å². The average Bonchev–Trinajstić information content (AvgIpc) is 2.42. The van der Waals surface area contributed by atoms with Crippen LogP contribution in [0.4, 0.5) is 0 Å². The molecule has 0 radical (unpaired) electrons. The van der Waals surface area contributed by atoms with Crippen LogP contribution in [0.1, 0.15) is 42.1 Å². The molecule has 4 N–H and O–H groups in total. The summed E-state index contributed by atoms with van der Waals surface area (Å²) >= 11 is 0. The minimum atomic E-state index is -3.66. The Morgan fingerprint density at radius 3 is 2.38 bits per heavy atom. The molecular formula is C15H21N3O4S2. The number of nitrogens with zero attached hydrogens (tertiary/aromatic N) is 1. The molecule has 24 heavy (non-hydrogen) atoms. The molecule has 0 saturated heterocycles. The van der Waals surface area contributed by atoms with Crippen LogP contribution in [0.3, 0.4) is 0 Å². The van der Waals surface area contributed by atoms with E-state index in [1.165, 1.54) is 6.07 Å². The monoisotopic (exact) mass is 371 g/mol. The molecule has 1 fully saturated rings. The Morgan fingerprint density at radius 2 is 1.96 bits per heavy atom. The van der Waals surface area contributed by atoms with Gasteiger partial charge in [-0.2, -0.15) is 4.99 Å². The molecule has 132 valence electrons. The first-order chi connectivity index (χ1) is 11.1. The largest absolute Gasteiger partial charge is 0.370 e. The zero-order valence-electron chi connectivity index (χ0n) is 13.6. The lowest BCUT2D eigenvalue weighted by molar-refractivity contribution is 0.100. The summed E-state index contributed by atoms with van der Waals surface area (Å²) in [6, 6.07) is 2.79. The maximum Gasteiger partial charge on any atom is 0.280 e. The Morgan fingerprint density at radius 1 is 1.33 bits per heavy atom. The van der Waals surface area contributed by atoms with Crippen molar-refractivity contribution in [2.75, 3.05) is 6.26 Å². The number of sulfone groups is 1. The Labute approximate surface area is 143 Å². The molecule has 1 aliphatic carbocycles. The molecule has 0 bridgehead atoms. The average molecular weight is 371 g/mol. The predicted molar refractivity (Wildman–Crippen MR) is 93.1 cm³/mol. The van der Waals surface area contributed by atoms with E-state index in [4.69, 9.17) is 11.5 Å². The van der Waals surface area contributed by atoms with Gasteiger partial charge in [-0.15, -0.1) is 0 Å². The van der Waals surface area contributed by atoms with Crippen LogP contribution < -0.4 is 11.5 Å². The highest BCUT2D eigenvalue weighted by Gasteiger charge is 2.30. The quantitative estimate of drug-likeness (QED) is 0.579. The molecule has 1 unspecified atom stereocenters. The third kappa shape index (κ3) is 3.84. The van der Waals surface area contributed by atoms with E-state index in [2.05, 4.69) is 4.99 Å². The first-order valence-electron chi connectivity index (χ1n) is 7.56. The summed E-state index contributed by atoms with van der Waals surface area (Å²) < 4.78 is 37.0. The van der Waals surface area contributed by atoms with Crippen LogP contribution >= 0.6 is 0 Å². The summed E-state index contributed by atoms with van der Waals surface area (Å²) in [5, 5.41) is -0.0329. The molecule has 0 heterocycles. The Kier molecular flexibility index (Phi) is 5.44. The summed E-state index contributed by atoms with van der Waals surface area (Å²) in [7, 11) is -5.08. The van der Waals surface area contributed by atoms with E-state index < -0.39 is 32.5 Å². The van der Waals surface area contributed by atoms with Crippen molar-refractivity contribution < 1.29 is 17.4 Å². The van der Waals surface area contributed by atoms with Crippen molar-refractivity contribution in [3.05, 3.63) is 23.3 Å². The van der Waals surface area contributed by atoms with Crippen LogP contribution in [0, 0.1) is 0 Å². The highest BCUT2D eigenvalue weighted by molar-refractivity contribution is 7.92. The van der Waals surface area contributed by atoms with E-state index in [-0.39, 0.29) is 20.6 Å². The van der Waals surface area contributed by atoms with Crippen LogP contribution in [0.25, 0.3) is 0 Å². The van der Waals surface area contributed by atoms with Crippen LogP contribution in [0.5, 0.6) is 0 Å². The summed E-state index contributed by atoms with van der Waals surface area (Å²) in [5.74, 6) is -1.11. The van der Waals surface area contributed by atoms with E-state index in [9.17, 15) is 17.4 Å². The fraction of sp³-hybridized carbons (Fsp3) is 0.467. The van der Waals surface area contributed by atoms with Gasteiger partial charge in [0, 0.05) is 17.1 Å². The minimum absolute atomic E-state index is 0.0329. The third-order valence-corrected chi connectivity index (χ3v) is 7.10. The second kappa shape index (κ2) is 7.02. The van der Waals surface area contributed by atoms with Crippen molar-refractivity contribution in [1.82, 2.24) is 0 Å². The molecular weight excluding hydrogens is 350 g/mol. The number of hydrogen-bond donors (Lipinski definition) is 2. The topological polar surface area (TPSA) is 133 Å². The summed E-state index contributed by atoms with van der Waals surface area (Å²) in [6.07, 6.45) is 4.11. The normalized spacial score (nSPS) is 16.2. The van der Waals surface area contributed by atoms with E-state index in [0.717, 1.165) is 25.5 Å². The molecule has 7 nitrogen and oxygen atoms in total. The number of carbonyl (C=O) groups is 1. The number of aliphatic imine (C=N–C) groups is 1. The SMILES string of the molecule is CCc1cc(S(=O)C2CCC2)c(S(C)(=O)=O)cc1C(=O)N=C(N)N. The summed E-state index contributed by atoms with van der Waals surface area (Å²) in [5.41, 5.74) is 11.1. The van der Waals surface area contributed by atoms with Crippen LogP contribution in [0.2, 0.25) is 0 Å². The van der Waals surface area contributed by atoms with E-state index >= 15 is 0 Å². The number of hydrogen-bond acceptors (Lipinski definition) is 4. The van der Waals surface area contributed by atoms with Gasteiger partial charge < -0.3 is 11.5 Å². The first-order valence-corrected chi connectivity index (χ1v) is 10.7. The van der Waals surface area contributed by atoms with Gasteiger partial charge in [0.15, 0.2) is 15.8 Å². The molecule has 1 aromatic carbocycles. The fourth-order valence-electron chi connectivity index (χ4n) is 2.48. The van der Waals surface area contributed by atoms with Crippen molar-refractivity contribution >= 4 is 32.5 Å². The van der Waals surface area contributed by atoms with E-state index in [1.807, 2.05) is 6.92 Å². The maximum absolute atomic E-state index is 12.7. The maximum atomic E-state index is 12.7. The number of nitrogens with two attached hydrogens (primary N) is 2. The molecule has 2 rings (SSSR count). The van der Waals surface area contributed by atoms with Gasteiger partial charge in [-0.1, -0.05) is 13.3 Å². The summed E-state index contributed by atoms with van der Waals surface area (Å²) in [6.45, 7) is 1.82. The molecule has 1 aromatic rings. The highest BCUT2D eigenvalue weighted by atomic mass is 32.2. The van der Waals surface area contributed by atoms with E-state index in [0.29, 0.717) is 12.0 Å². The highest BCUT2D eigenvalue weighted by Crippen LogP contribution is 2.33. The van der Waals surface area contributed by atoms with Gasteiger partial charge in [0.2, 0.25) is 0 Å². The van der Waals surface area contributed by atoms with E-state index in [1.54, 1.807) is 6.07 Å². The smallest absolute Gasteiger partial charge is 0.280 e. The van der Waals surface area contributed by atoms with Crippen LogP contribution in [0.15, 0.2) is 26.9 Å². The lowest BCUT2D eigenvalue weighted by atomic mass is 10.00. The molecule has 1 saturated carbocycles.